The fourth-order valence-electron chi connectivity index (χ4n) is 2.49. The smallest absolute Gasteiger partial charge is 0.267 e. The van der Waals surface area contributed by atoms with Crippen molar-refractivity contribution in [1.29, 1.82) is 0 Å². The normalized spacial score (nSPS) is 11.3. The highest BCUT2D eigenvalue weighted by Crippen LogP contribution is 2.28. The number of ether oxygens (including phenoxy) is 1. The summed E-state index contributed by atoms with van der Waals surface area (Å²) < 4.78 is 6.79. The van der Waals surface area contributed by atoms with E-state index >= 15 is 0 Å². The van der Waals surface area contributed by atoms with E-state index in [0.29, 0.717) is 11.4 Å². The molecule has 0 aliphatic heterocycles. The van der Waals surface area contributed by atoms with Gasteiger partial charge in [0.05, 0.1) is 0 Å². The topological polar surface area (TPSA) is 58.6 Å². The summed E-state index contributed by atoms with van der Waals surface area (Å²) in [6.45, 7) is 3.43. The van der Waals surface area contributed by atoms with Gasteiger partial charge in [0.1, 0.15) is 11.5 Å². The first-order valence-corrected chi connectivity index (χ1v) is 8.62. The number of halogens is 1. The van der Waals surface area contributed by atoms with Gasteiger partial charge >= 0.3 is 0 Å². The predicted molar refractivity (Wildman–Crippen MR) is 103 cm³/mol. The van der Waals surface area contributed by atoms with Crippen LogP contribution in [0.3, 0.4) is 0 Å². The molecule has 0 atom stereocenters. The van der Waals surface area contributed by atoms with Gasteiger partial charge in [-0.1, -0.05) is 34.1 Å². The van der Waals surface area contributed by atoms with Crippen LogP contribution in [-0.4, -0.2) is 16.6 Å². The van der Waals surface area contributed by atoms with Gasteiger partial charge in [-0.15, -0.1) is 0 Å². The van der Waals surface area contributed by atoms with E-state index in [0.717, 1.165) is 15.2 Å². The lowest BCUT2D eigenvalue weighted by molar-refractivity contribution is -0.128. The fourth-order valence-corrected chi connectivity index (χ4v) is 2.75. The molecule has 0 saturated carbocycles. The molecule has 1 amide bonds. The Hall–Kier alpha value is -2.53. The average Bonchev–Trinajstić information content (AvgIpc) is 2.57. The van der Waals surface area contributed by atoms with E-state index in [1.165, 1.54) is 0 Å². The summed E-state index contributed by atoms with van der Waals surface area (Å²) in [4.78, 5) is 12.7. The molecule has 0 aromatic heterocycles. The fraction of sp³-hybridized carbons (Fsp3) is 0.150. The number of phenols is 1. The third-order valence-corrected chi connectivity index (χ3v) is 4.38. The van der Waals surface area contributed by atoms with Crippen molar-refractivity contribution in [2.45, 2.75) is 19.4 Å². The van der Waals surface area contributed by atoms with E-state index in [9.17, 15) is 9.90 Å². The number of benzene rings is 3. The molecule has 0 unspecified atom stereocenters. The highest BCUT2D eigenvalue weighted by Gasteiger charge is 2.30. The van der Waals surface area contributed by atoms with Crippen molar-refractivity contribution < 1.29 is 14.6 Å². The summed E-state index contributed by atoms with van der Waals surface area (Å²) in [6.07, 6.45) is 0. The molecule has 2 N–H and O–H groups in total. The van der Waals surface area contributed by atoms with Crippen molar-refractivity contribution in [2.24, 2.45) is 0 Å². The van der Waals surface area contributed by atoms with Gasteiger partial charge < -0.3 is 15.2 Å². The molecule has 0 radical (unpaired) electrons. The molecule has 3 aromatic rings. The molecule has 5 heteroatoms. The van der Waals surface area contributed by atoms with Gasteiger partial charge in [0.2, 0.25) is 0 Å². The molecule has 0 spiro atoms. The quantitative estimate of drug-likeness (QED) is 0.640. The number of fused-ring (bicyclic) bond motifs is 1. The molecule has 128 valence electrons. The lowest BCUT2D eigenvalue weighted by Gasteiger charge is -2.25. The highest BCUT2D eigenvalue weighted by atomic mass is 79.9. The lowest BCUT2D eigenvalue weighted by Crippen LogP contribution is -2.42. The number of rotatable bonds is 4. The summed E-state index contributed by atoms with van der Waals surface area (Å²) in [7, 11) is 0. The Morgan fingerprint density at radius 1 is 1.08 bits per heavy atom. The number of phenolic OH excluding ortho intramolecular Hbond substituents is 1. The highest BCUT2D eigenvalue weighted by molar-refractivity contribution is 9.10. The number of carbonyl (C=O) groups is 1. The van der Waals surface area contributed by atoms with E-state index in [4.69, 9.17) is 4.74 Å². The van der Waals surface area contributed by atoms with E-state index in [1.807, 2.05) is 30.3 Å². The molecule has 4 nitrogen and oxygen atoms in total. The largest absolute Gasteiger partial charge is 0.508 e. The molecule has 0 bridgehead atoms. The maximum Gasteiger partial charge on any atom is 0.267 e. The van der Waals surface area contributed by atoms with Crippen molar-refractivity contribution in [3.63, 3.8) is 0 Å². The molecule has 3 aromatic carbocycles. The summed E-state index contributed by atoms with van der Waals surface area (Å²) in [5.74, 6) is 0.491. The van der Waals surface area contributed by atoms with Crippen molar-refractivity contribution in [3.05, 3.63) is 65.1 Å². The number of nitrogens with one attached hydrogen (secondary N) is 1. The molecular formula is C20H18BrNO3. The van der Waals surface area contributed by atoms with Crippen LogP contribution in [0.15, 0.2) is 65.1 Å². The van der Waals surface area contributed by atoms with Crippen molar-refractivity contribution >= 4 is 38.3 Å². The molecule has 25 heavy (non-hydrogen) atoms. The van der Waals surface area contributed by atoms with Gasteiger partial charge in [0.25, 0.3) is 5.91 Å². The second-order valence-electron chi connectivity index (χ2n) is 6.23. The van der Waals surface area contributed by atoms with Crippen LogP contribution in [0.1, 0.15) is 13.8 Å². The van der Waals surface area contributed by atoms with Crippen molar-refractivity contribution in [3.8, 4) is 11.5 Å². The van der Waals surface area contributed by atoms with Crippen LogP contribution in [0.25, 0.3) is 10.8 Å². The Balaban J connectivity index is 1.83. The van der Waals surface area contributed by atoms with Crippen LogP contribution < -0.4 is 10.1 Å². The van der Waals surface area contributed by atoms with Crippen LogP contribution in [0, 0.1) is 0 Å². The Kier molecular flexibility index (Phi) is 4.68. The zero-order valence-electron chi connectivity index (χ0n) is 13.9. The number of hydrogen-bond acceptors (Lipinski definition) is 3. The number of anilines is 1. The van der Waals surface area contributed by atoms with Crippen LogP contribution in [0.2, 0.25) is 0 Å². The van der Waals surface area contributed by atoms with Gasteiger partial charge in [-0.25, -0.2) is 0 Å². The summed E-state index contributed by atoms with van der Waals surface area (Å²) >= 11 is 3.37. The van der Waals surface area contributed by atoms with Gasteiger partial charge in [0, 0.05) is 15.5 Å². The van der Waals surface area contributed by atoms with Gasteiger partial charge in [-0.05, 0) is 61.7 Å². The van der Waals surface area contributed by atoms with Gasteiger partial charge in [-0.3, -0.25) is 4.79 Å². The number of amides is 1. The predicted octanol–water partition coefficient (Wildman–Crippen LogP) is 5.10. The van der Waals surface area contributed by atoms with E-state index < -0.39 is 5.60 Å². The SMILES string of the molecule is CC(C)(Oc1ccc(Br)cc1)C(=O)Nc1cccc2ccc(O)cc12. The maximum absolute atomic E-state index is 12.7. The minimum absolute atomic E-state index is 0.152. The summed E-state index contributed by atoms with van der Waals surface area (Å²) in [5, 5.41) is 14.3. The first-order chi connectivity index (χ1) is 11.8. The van der Waals surface area contributed by atoms with Crippen molar-refractivity contribution in [1.82, 2.24) is 0 Å². The van der Waals surface area contributed by atoms with Gasteiger partial charge in [0.15, 0.2) is 5.60 Å². The molecule has 0 heterocycles. The molecule has 0 aliphatic carbocycles. The van der Waals surface area contributed by atoms with Crippen LogP contribution in [0.5, 0.6) is 11.5 Å². The molecule has 3 rings (SSSR count). The minimum Gasteiger partial charge on any atom is -0.508 e. The summed E-state index contributed by atoms with van der Waals surface area (Å²) in [6, 6.07) is 18.0. The number of carbonyl (C=O) groups excluding carboxylic acids is 1. The van der Waals surface area contributed by atoms with Crippen LogP contribution in [0.4, 0.5) is 5.69 Å². The van der Waals surface area contributed by atoms with Crippen LogP contribution in [-0.2, 0) is 4.79 Å². The standard InChI is InChI=1S/C20H18BrNO3/c1-20(2,25-16-10-7-14(21)8-11-16)19(24)22-18-5-3-4-13-6-9-15(23)12-17(13)18/h3-12,23H,1-2H3,(H,22,24). The third-order valence-electron chi connectivity index (χ3n) is 3.85. The molecule has 0 saturated heterocycles. The Morgan fingerprint density at radius 2 is 1.80 bits per heavy atom. The zero-order valence-corrected chi connectivity index (χ0v) is 15.5. The number of hydrogen-bond donors (Lipinski definition) is 2. The van der Waals surface area contributed by atoms with Gasteiger partial charge in [-0.2, -0.15) is 0 Å². The molecule has 0 fully saturated rings. The third kappa shape index (κ3) is 3.94. The number of aromatic hydroxyl groups is 1. The van der Waals surface area contributed by atoms with E-state index in [1.54, 1.807) is 44.2 Å². The zero-order chi connectivity index (χ0) is 18.0. The summed E-state index contributed by atoms with van der Waals surface area (Å²) in [5.41, 5.74) is -0.432. The molecule has 0 aliphatic rings. The lowest BCUT2D eigenvalue weighted by atomic mass is 10.1. The minimum atomic E-state index is -1.06. The first-order valence-electron chi connectivity index (χ1n) is 7.83. The monoisotopic (exact) mass is 399 g/mol. The Bertz CT molecular complexity index is 920. The Labute approximate surface area is 154 Å². The average molecular weight is 400 g/mol. The Morgan fingerprint density at radius 3 is 2.52 bits per heavy atom. The second-order valence-corrected chi connectivity index (χ2v) is 7.15. The van der Waals surface area contributed by atoms with E-state index in [2.05, 4.69) is 21.2 Å². The maximum atomic E-state index is 12.7. The van der Waals surface area contributed by atoms with E-state index in [-0.39, 0.29) is 11.7 Å². The van der Waals surface area contributed by atoms with Crippen LogP contribution >= 0.6 is 15.9 Å². The van der Waals surface area contributed by atoms with Crippen molar-refractivity contribution in [2.75, 3.05) is 5.32 Å². The second kappa shape index (κ2) is 6.76. The molecular weight excluding hydrogens is 382 g/mol. The first kappa shape index (κ1) is 17.3.